The number of imide groups is 2. The Morgan fingerprint density at radius 2 is 1.83 bits per heavy atom. The lowest BCUT2D eigenvalue weighted by atomic mass is 9.84. The van der Waals surface area contributed by atoms with Crippen molar-refractivity contribution in [2.75, 3.05) is 19.6 Å². The van der Waals surface area contributed by atoms with Gasteiger partial charge < -0.3 is 10.4 Å². The molecule has 3 N–H and O–H groups in total. The lowest BCUT2D eigenvalue weighted by molar-refractivity contribution is -0.136. The van der Waals surface area contributed by atoms with Crippen LogP contribution in [0.4, 0.5) is 0 Å². The Labute approximate surface area is 173 Å². The van der Waals surface area contributed by atoms with Crippen LogP contribution in [0.15, 0.2) is 18.2 Å². The van der Waals surface area contributed by atoms with Crippen molar-refractivity contribution in [3.63, 3.8) is 0 Å². The topological polar surface area (TPSA) is 119 Å². The SMILES string of the molecule is O=C1CCC(N2C(=O)c3ccc(CN4CC(O)(C5CCCN5)C4)cc3C2=O)C(=O)N1. The van der Waals surface area contributed by atoms with Gasteiger partial charge in [-0.3, -0.25) is 34.3 Å². The molecule has 0 aliphatic carbocycles. The summed E-state index contributed by atoms with van der Waals surface area (Å²) >= 11 is 0. The van der Waals surface area contributed by atoms with Gasteiger partial charge in [-0.2, -0.15) is 0 Å². The van der Waals surface area contributed by atoms with E-state index in [-0.39, 0.29) is 30.0 Å². The normalized spacial score (nSPS) is 28.5. The summed E-state index contributed by atoms with van der Waals surface area (Å²) in [6.07, 6.45) is 2.31. The van der Waals surface area contributed by atoms with E-state index in [4.69, 9.17) is 0 Å². The molecule has 0 saturated carbocycles. The minimum atomic E-state index is -0.956. The smallest absolute Gasteiger partial charge is 0.262 e. The van der Waals surface area contributed by atoms with Crippen LogP contribution in [0.2, 0.25) is 0 Å². The predicted molar refractivity (Wildman–Crippen MR) is 104 cm³/mol. The third-order valence-corrected chi connectivity index (χ3v) is 6.61. The molecule has 0 aromatic heterocycles. The van der Waals surface area contributed by atoms with Crippen LogP contribution in [-0.4, -0.2) is 75.9 Å². The molecule has 9 nitrogen and oxygen atoms in total. The summed E-state index contributed by atoms with van der Waals surface area (Å²) in [5.74, 6) is -2.00. The number of hydrogen-bond acceptors (Lipinski definition) is 7. The fraction of sp³-hybridized carbons (Fsp3) is 0.524. The Balaban J connectivity index is 1.28. The van der Waals surface area contributed by atoms with Crippen molar-refractivity contribution in [2.45, 2.75) is 49.9 Å². The fourth-order valence-electron chi connectivity index (χ4n) is 5.08. The van der Waals surface area contributed by atoms with E-state index in [1.807, 2.05) is 6.07 Å². The Bertz CT molecular complexity index is 949. The minimum absolute atomic E-state index is 0.1000. The van der Waals surface area contributed by atoms with Crippen molar-refractivity contribution < 1.29 is 24.3 Å². The highest BCUT2D eigenvalue weighted by molar-refractivity contribution is 6.23. The summed E-state index contributed by atoms with van der Waals surface area (Å²) in [5.41, 5.74) is 0.738. The van der Waals surface area contributed by atoms with Crippen LogP contribution < -0.4 is 10.6 Å². The molecular formula is C21H24N4O5. The van der Waals surface area contributed by atoms with Crippen molar-refractivity contribution in [1.29, 1.82) is 0 Å². The molecule has 0 bridgehead atoms. The number of likely N-dealkylation sites (tertiary alicyclic amines) is 1. The van der Waals surface area contributed by atoms with Gasteiger partial charge in [0.1, 0.15) is 11.6 Å². The molecule has 158 valence electrons. The van der Waals surface area contributed by atoms with Gasteiger partial charge in [0, 0.05) is 32.1 Å². The summed E-state index contributed by atoms with van der Waals surface area (Å²) < 4.78 is 0. The fourth-order valence-corrected chi connectivity index (χ4v) is 5.08. The van der Waals surface area contributed by atoms with Gasteiger partial charge in [0.15, 0.2) is 0 Å². The second-order valence-corrected chi connectivity index (χ2v) is 8.72. The molecule has 4 amide bonds. The van der Waals surface area contributed by atoms with E-state index in [1.165, 1.54) is 0 Å². The zero-order valence-corrected chi connectivity index (χ0v) is 16.5. The van der Waals surface area contributed by atoms with Gasteiger partial charge in [-0.15, -0.1) is 0 Å². The van der Waals surface area contributed by atoms with Crippen LogP contribution >= 0.6 is 0 Å². The van der Waals surface area contributed by atoms with Crippen LogP contribution in [0, 0.1) is 0 Å². The van der Waals surface area contributed by atoms with Crippen LogP contribution in [-0.2, 0) is 16.1 Å². The van der Waals surface area contributed by atoms with Crippen molar-refractivity contribution in [3.05, 3.63) is 34.9 Å². The van der Waals surface area contributed by atoms with Gasteiger partial charge in [0.2, 0.25) is 11.8 Å². The molecule has 30 heavy (non-hydrogen) atoms. The highest BCUT2D eigenvalue weighted by Crippen LogP contribution is 2.32. The van der Waals surface area contributed by atoms with Crippen molar-refractivity contribution in [1.82, 2.24) is 20.4 Å². The minimum Gasteiger partial charge on any atom is -0.386 e. The van der Waals surface area contributed by atoms with Crippen molar-refractivity contribution in [3.8, 4) is 0 Å². The van der Waals surface area contributed by atoms with Crippen molar-refractivity contribution in [2.24, 2.45) is 0 Å². The van der Waals surface area contributed by atoms with E-state index in [2.05, 4.69) is 15.5 Å². The van der Waals surface area contributed by atoms with E-state index in [0.717, 1.165) is 29.8 Å². The van der Waals surface area contributed by atoms with Crippen LogP contribution in [0.3, 0.4) is 0 Å². The number of aliphatic hydroxyl groups is 1. The number of fused-ring (bicyclic) bond motifs is 1. The number of rotatable bonds is 4. The maximum absolute atomic E-state index is 12.9. The van der Waals surface area contributed by atoms with E-state index >= 15 is 0 Å². The van der Waals surface area contributed by atoms with E-state index in [9.17, 15) is 24.3 Å². The first kappa shape index (κ1) is 19.3. The average molecular weight is 412 g/mol. The average Bonchev–Trinajstić information content (AvgIpc) is 3.30. The number of piperidine rings is 1. The number of benzene rings is 1. The summed E-state index contributed by atoms with van der Waals surface area (Å²) in [4.78, 5) is 52.3. The Morgan fingerprint density at radius 1 is 1.07 bits per heavy atom. The molecule has 2 atom stereocenters. The zero-order valence-electron chi connectivity index (χ0n) is 16.5. The summed E-state index contributed by atoms with van der Waals surface area (Å²) in [7, 11) is 0. The number of hydrogen-bond donors (Lipinski definition) is 3. The van der Waals surface area contributed by atoms with Crippen LogP contribution in [0.25, 0.3) is 0 Å². The number of carbonyl (C=O) groups is 4. The first-order chi connectivity index (χ1) is 14.4. The van der Waals surface area contributed by atoms with Crippen LogP contribution in [0.1, 0.15) is 52.0 Å². The number of carbonyl (C=O) groups excluding carboxylic acids is 4. The van der Waals surface area contributed by atoms with Gasteiger partial charge in [0.05, 0.1) is 11.1 Å². The van der Waals surface area contributed by atoms with Crippen molar-refractivity contribution >= 4 is 23.6 Å². The quantitative estimate of drug-likeness (QED) is 0.564. The monoisotopic (exact) mass is 412 g/mol. The largest absolute Gasteiger partial charge is 0.386 e. The molecule has 5 rings (SSSR count). The lowest BCUT2D eigenvalue weighted by Gasteiger charge is -2.50. The molecule has 1 aromatic rings. The van der Waals surface area contributed by atoms with E-state index in [1.54, 1.807) is 12.1 Å². The van der Waals surface area contributed by atoms with Gasteiger partial charge in [-0.1, -0.05) is 6.07 Å². The molecule has 1 aromatic carbocycles. The molecule has 0 spiro atoms. The highest BCUT2D eigenvalue weighted by atomic mass is 16.3. The van der Waals surface area contributed by atoms with Gasteiger partial charge >= 0.3 is 0 Å². The third-order valence-electron chi connectivity index (χ3n) is 6.61. The predicted octanol–water partition coefficient (Wildman–Crippen LogP) is -0.613. The number of nitrogens with zero attached hydrogens (tertiary/aromatic N) is 2. The maximum atomic E-state index is 12.9. The van der Waals surface area contributed by atoms with Gasteiger partial charge in [0.25, 0.3) is 11.8 Å². The lowest BCUT2D eigenvalue weighted by Crippen LogP contribution is -2.68. The van der Waals surface area contributed by atoms with Gasteiger partial charge in [-0.25, -0.2) is 0 Å². The first-order valence-corrected chi connectivity index (χ1v) is 10.4. The molecule has 4 aliphatic heterocycles. The standard InChI is InChI=1S/C21H24N4O5/c26-17-6-5-15(18(27)23-17)25-19(28)13-4-3-12(8-14(13)20(25)29)9-24-10-21(30,11-24)16-2-1-7-22-16/h3-4,8,15-16,22,30H,1-2,5-7,9-11H2,(H,23,26,27). The Kier molecular flexibility index (Phi) is 4.49. The van der Waals surface area contributed by atoms with E-state index < -0.39 is 35.3 Å². The summed E-state index contributed by atoms with van der Waals surface area (Å²) in [6.45, 7) is 2.65. The summed E-state index contributed by atoms with van der Waals surface area (Å²) in [6, 6.07) is 4.31. The molecule has 0 radical (unpaired) electrons. The second-order valence-electron chi connectivity index (χ2n) is 8.72. The molecule has 2 unspecified atom stereocenters. The molecule has 3 fully saturated rings. The summed E-state index contributed by atoms with van der Waals surface area (Å²) in [5, 5.41) is 16.3. The number of nitrogens with one attached hydrogen (secondary N) is 2. The Morgan fingerprint density at radius 3 is 2.53 bits per heavy atom. The Hall–Kier alpha value is -2.62. The van der Waals surface area contributed by atoms with E-state index in [0.29, 0.717) is 19.6 Å². The zero-order chi connectivity index (χ0) is 21.0. The van der Waals surface area contributed by atoms with Crippen LogP contribution in [0.5, 0.6) is 0 Å². The second kappa shape index (κ2) is 6.97. The molecule has 9 heteroatoms. The molecule has 4 heterocycles. The maximum Gasteiger partial charge on any atom is 0.262 e. The molecule has 4 aliphatic rings. The number of amides is 4. The third kappa shape index (κ3) is 3.05. The molecule has 3 saturated heterocycles. The first-order valence-electron chi connectivity index (χ1n) is 10.4. The molecular weight excluding hydrogens is 388 g/mol. The number of β-amino-alcohol motifs (C(OH)–C–C–N with tert-alkyl or cyclic N) is 1. The van der Waals surface area contributed by atoms with Gasteiger partial charge in [-0.05, 0) is 43.5 Å². The highest BCUT2D eigenvalue weighted by Gasteiger charge is 2.48.